The third-order valence-electron chi connectivity index (χ3n) is 4.68. The minimum absolute atomic E-state index is 0.0420. The van der Waals surface area contributed by atoms with Crippen LogP contribution in [0, 0.1) is 0 Å². The normalized spacial score (nSPS) is 18.3. The largest absolute Gasteiger partial charge is 0.297 e. The summed E-state index contributed by atoms with van der Waals surface area (Å²) in [4.78, 5) is 2.62. The first-order chi connectivity index (χ1) is 12.6. The molecule has 1 N–H and O–H groups in total. The second-order valence-electron chi connectivity index (χ2n) is 6.76. The molecule has 1 fully saturated rings. The molecule has 140 valence electrons. The van der Waals surface area contributed by atoms with Crippen LogP contribution in [0.3, 0.4) is 0 Å². The average molecular weight is 393 g/mol. The summed E-state index contributed by atoms with van der Waals surface area (Å²) in [5.41, 5.74) is 2.36. The Bertz CT molecular complexity index is 794. The number of aryl methyl sites for hydroxylation is 1. The predicted molar refractivity (Wildman–Crippen MR) is 106 cm³/mol. The van der Waals surface area contributed by atoms with Crippen molar-refractivity contribution >= 4 is 21.6 Å². The minimum atomic E-state index is -3.48. The number of hydrogen-bond acceptors (Lipinski definition) is 3. The van der Waals surface area contributed by atoms with Crippen LogP contribution in [-0.4, -0.2) is 38.3 Å². The number of hydrogen-bond donors (Lipinski definition) is 1. The van der Waals surface area contributed by atoms with Gasteiger partial charge >= 0.3 is 0 Å². The van der Waals surface area contributed by atoms with Crippen LogP contribution in [0.5, 0.6) is 0 Å². The molecular formula is C20H25ClN2O2S. The molecule has 1 unspecified atom stereocenters. The molecule has 1 heterocycles. The van der Waals surface area contributed by atoms with E-state index in [0.29, 0.717) is 10.8 Å². The number of likely N-dealkylation sites (tertiary alicyclic amines) is 1. The quantitative estimate of drug-likeness (QED) is 0.700. The van der Waals surface area contributed by atoms with Gasteiger partial charge in [-0.1, -0.05) is 42.5 Å². The van der Waals surface area contributed by atoms with E-state index < -0.39 is 10.0 Å². The van der Waals surface area contributed by atoms with Gasteiger partial charge in [0.1, 0.15) is 0 Å². The molecule has 1 aliphatic heterocycles. The average Bonchev–Trinajstić information content (AvgIpc) is 3.07. The van der Waals surface area contributed by atoms with Crippen LogP contribution in [-0.2, 0) is 23.0 Å². The second-order valence-corrected chi connectivity index (χ2v) is 8.86. The maximum Gasteiger partial charge on any atom is 0.240 e. The molecule has 0 spiro atoms. The zero-order chi connectivity index (χ0) is 18.4. The lowest BCUT2D eigenvalue weighted by atomic mass is 10.1. The number of nitrogens with one attached hydrogen (secondary N) is 1. The summed E-state index contributed by atoms with van der Waals surface area (Å²) in [5.74, 6) is 0.614. The van der Waals surface area contributed by atoms with Gasteiger partial charge < -0.3 is 0 Å². The zero-order valence-electron chi connectivity index (χ0n) is 14.8. The van der Waals surface area contributed by atoms with Crippen LogP contribution in [0.15, 0.2) is 59.5 Å². The lowest BCUT2D eigenvalue weighted by molar-refractivity contribution is 0.324. The van der Waals surface area contributed by atoms with E-state index >= 15 is 0 Å². The summed E-state index contributed by atoms with van der Waals surface area (Å²) < 4.78 is 28.1. The summed E-state index contributed by atoms with van der Waals surface area (Å²) in [6.45, 7) is 2.50. The first kappa shape index (κ1) is 19.4. The molecular weight excluding hydrogens is 368 g/mol. The van der Waals surface area contributed by atoms with Crippen molar-refractivity contribution in [3.05, 3.63) is 65.7 Å². The van der Waals surface area contributed by atoms with Gasteiger partial charge in [-0.15, -0.1) is 11.6 Å². The van der Waals surface area contributed by atoms with Crippen LogP contribution in [0.2, 0.25) is 0 Å². The van der Waals surface area contributed by atoms with Crippen molar-refractivity contribution in [2.45, 2.75) is 36.7 Å². The van der Waals surface area contributed by atoms with Gasteiger partial charge in [-0.05, 0) is 42.5 Å². The second kappa shape index (κ2) is 9.00. The Labute approximate surface area is 161 Å². The number of halogens is 1. The Kier molecular flexibility index (Phi) is 6.70. The molecule has 6 heteroatoms. The molecule has 0 radical (unpaired) electrons. The molecule has 3 rings (SSSR count). The fourth-order valence-corrected chi connectivity index (χ4v) is 4.70. The molecule has 26 heavy (non-hydrogen) atoms. The minimum Gasteiger partial charge on any atom is -0.297 e. The van der Waals surface area contributed by atoms with Gasteiger partial charge in [0.15, 0.2) is 0 Å². The van der Waals surface area contributed by atoms with Gasteiger partial charge in [0, 0.05) is 31.6 Å². The lowest BCUT2D eigenvalue weighted by Gasteiger charge is -2.17. The van der Waals surface area contributed by atoms with Gasteiger partial charge in [-0.2, -0.15) is 0 Å². The van der Waals surface area contributed by atoms with E-state index in [2.05, 4.69) is 21.8 Å². The maximum absolute atomic E-state index is 12.6. The van der Waals surface area contributed by atoms with E-state index in [9.17, 15) is 8.42 Å². The molecule has 2 aromatic rings. The number of benzene rings is 2. The Morgan fingerprint density at radius 3 is 2.46 bits per heavy atom. The highest BCUT2D eigenvalue weighted by molar-refractivity contribution is 7.89. The number of sulfonamides is 1. The highest BCUT2D eigenvalue weighted by Crippen LogP contribution is 2.17. The van der Waals surface area contributed by atoms with Crippen molar-refractivity contribution in [2.75, 3.05) is 19.0 Å². The number of rotatable bonds is 8. The monoisotopic (exact) mass is 392 g/mol. The van der Waals surface area contributed by atoms with Crippen molar-refractivity contribution in [1.29, 1.82) is 0 Å². The Hall–Kier alpha value is -1.40. The SMILES string of the molecule is O=S(=O)(NC1CCN(Cc2ccccc2)C1)c1ccc(CCCCl)cc1. The standard InChI is InChI=1S/C20H25ClN2O2S/c21-13-4-7-17-8-10-20(11-9-17)26(24,25)22-19-12-14-23(16-19)15-18-5-2-1-3-6-18/h1-3,5-6,8-11,19,22H,4,7,12-16H2. The Balaban J connectivity index is 1.56. The first-order valence-electron chi connectivity index (χ1n) is 9.00. The Morgan fingerprint density at radius 1 is 1.04 bits per heavy atom. The van der Waals surface area contributed by atoms with Crippen molar-refractivity contribution < 1.29 is 8.42 Å². The predicted octanol–water partition coefficient (Wildman–Crippen LogP) is 3.41. The molecule has 0 aromatic heterocycles. The molecule has 0 aliphatic carbocycles. The topological polar surface area (TPSA) is 49.4 Å². The van der Waals surface area contributed by atoms with Crippen LogP contribution >= 0.6 is 11.6 Å². The molecule has 0 amide bonds. The van der Waals surface area contributed by atoms with E-state index in [-0.39, 0.29) is 6.04 Å². The number of nitrogens with zero attached hydrogens (tertiary/aromatic N) is 1. The maximum atomic E-state index is 12.6. The summed E-state index contributed by atoms with van der Waals surface area (Å²) in [6, 6.07) is 17.3. The van der Waals surface area contributed by atoms with Crippen molar-refractivity contribution in [2.24, 2.45) is 0 Å². The van der Waals surface area contributed by atoms with Gasteiger partial charge in [-0.25, -0.2) is 13.1 Å². The number of alkyl halides is 1. The summed E-state index contributed by atoms with van der Waals surface area (Å²) in [7, 11) is -3.48. The molecule has 2 aromatic carbocycles. The molecule has 1 atom stereocenters. The van der Waals surface area contributed by atoms with E-state index in [1.165, 1.54) is 5.56 Å². The van der Waals surface area contributed by atoms with E-state index in [1.807, 2.05) is 30.3 Å². The zero-order valence-corrected chi connectivity index (χ0v) is 16.3. The first-order valence-corrected chi connectivity index (χ1v) is 11.0. The summed E-state index contributed by atoms with van der Waals surface area (Å²) in [5, 5.41) is 0. The Morgan fingerprint density at radius 2 is 1.77 bits per heavy atom. The van der Waals surface area contributed by atoms with E-state index in [1.54, 1.807) is 12.1 Å². The van der Waals surface area contributed by atoms with E-state index in [0.717, 1.165) is 44.5 Å². The lowest BCUT2D eigenvalue weighted by Crippen LogP contribution is -2.36. The summed E-state index contributed by atoms with van der Waals surface area (Å²) >= 11 is 5.70. The summed E-state index contributed by atoms with van der Waals surface area (Å²) in [6.07, 6.45) is 2.60. The third-order valence-corrected chi connectivity index (χ3v) is 6.48. The van der Waals surface area contributed by atoms with E-state index in [4.69, 9.17) is 11.6 Å². The van der Waals surface area contributed by atoms with Gasteiger partial charge in [0.25, 0.3) is 0 Å². The van der Waals surface area contributed by atoms with Gasteiger partial charge in [-0.3, -0.25) is 4.90 Å². The van der Waals surface area contributed by atoms with Crippen molar-refractivity contribution in [3.63, 3.8) is 0 Å². The smallest absolute Gasteiger partial charge is 0.240 e. The molecule has 1 saturated heterocycles. The van der Waals surface area contributed by atoms with Gasteiger partial charge in [0.05, 0.1) is 4.90 Å². The fraction of sp³-hybridized carbons (Fsp3) is 0.400. The third kappa shape index (κ3) is 5.30. The molecule has 1 aliphatic rings. The highest BCUT2D eigenvalue weighted by atomic mass is 35.5. The molecule has 4 nitrogen and oxygen atoms in total. The molecule has 0 saturated carbocycles. The van der Waals surface area contributed by atoms with Crippen LogP contribution < -0.4 is 4.72 Å². The van der Waals surface area contributed by atoms with Crippen molar-refractivity contribution in [3.8, 4) is 0 Å². The van der Waals surface area contributed by atoms with Crippen molar-refractivity contribution in [1.82, 2.24) is 9.62 Å². The van der Waals surface area contributed by atoms with Gasteiger partial charge in [0.2, 0.25) is 10.0 Å². The van der Waals surface area contributed by atoms with Crippen LogP contribution in [0.25, 0.3) is 0 Å². The van der Waals surface area contributed by atoms with Crippen LogP contribution in [0.1, 0.15) is 24.0 Å². The van der Waals surface area contributed by atoms with Crippen LogP contribution in [0.4, 0.5) is 0 Å². The molecule has 0 bridgehead atoms. The fourth-order valence-electron chi connectivity index (χ4n) is 3.31. The highest BCUT2D eigenvalue weighted by Gasteiger charge is 2.27.